The number of aliphatic hydroxyl groups excluding tert-OH is 11. The quantitative estimate of drug-likeness (QED) is 0.0199. The fraction of sp³-hybridized carbons (Fsp3) is 0.894. The summed E-state index contributed by atoms with van der Waals surface area (Å²) < 4.78 is 34.5. The standard InChI is InChI=1S/C85H157NO18/c1-3-5-7-9-11-13-15-17-19-21-23-25-27-29-31-32-33-34-35-37-38-40-42-44-46-48-50-52-54-56-58-60-62-69(90)68(86-73(91)63-61-59-57-55-53-51-49-47-45-43-41-39-36-30-28-26-24-22-20-18-16-14-12-10-8-6-4-2)67-99-83-79(97)76(94)81(71(65-88)101-83)104-85-80(98)77(95)82(72(66-89)102-85)103-84-78(96)75(93)74(92)70(64-87)100-84/h16,18,22,24,52,54,60,62,68-72,74-85,87-90,92-98H,3-15,17,19-21,23,25-51,53,55-59,61,63-67H2,1-2H3,(H,86,91)/b18-16-,24-22-,54-52+,62-60+. The molecule has 19 heteroatoms. The van der Waals surface area contributed by atoms with E-state index in [2.05, 4.69) is 55.6 Å². The van der Waals surface area contributed by atoms with Gasteiger partial charge in [0.15, 0.2) is 18.9 Å². The average molecular weight is 1480 g/mol. The maximum absolute atomic E-state index is 13.5. The number of allylic oxidation sites excluding steroid dienone is 7. The van der Waals surface area contributed by atoms with Crippen molar-refractivity contribution in [2.24, 2.45) is 0 Å². The van der Waals surface area contributed by atoms with E-state index < -0.39 is 124 Å². The summed E-state index contributed by atoms with van der Waals surface area (Å²) in [6.07, 6.45) is 56.9. The lowest BCUT2D eigenvalue weighted by Gasteiger charge is -2.48. The van der Waals surface area contributed by atoms with Crippen molar-refractivity contribution >= 4 is 5.91 Å². The highest BCUT2D eigenvalue weighted by atomic mass is 16.8. The van der Waals surface area contributed by atoms with E-state index in [0.717, 1.165) is 44.9 Å². The van der Waals surface area contributed by atoms with Gasteiger partial charge in [-0.15, -0.1) is 0 Å². The first kappa shape index (κ1) is 96.0. The zero-order chi connectivity index (χ0) is 75.3. The van der Waals surface area contributed by atoms with E-state index in [1.54, 1.807) is 6.08 Å². The van der Waals surface area contributed by atoms with Gasteiger partial charge in [-0.2, -0.15) is 0 Å². The first-order chi connectivity index (χ1) is 50.8. The Bertz CT molecular complexity index is 2060. The van der Waals surface area contributed by atoms with E-state index in [1.165, 1.54) is 276 Å². The number of hydrogen-bond donors (Lipinski definition) is 12. The number of unbranched alkanes of at least 4 members (excludes halogenated alkanes) is 47. The van der Waals surface area contributed by atoms with Crippen LogP contribution >= 0.6 is 0 Å². The number of ether oxygens (including phenoxy) is 6. The predicted octanol–water partition coefficient (Wildman–Crippen LogP) is 15.2. The maximum atomic E-state index is 13.5. The smallest absolute Gasteiger partial charge is 0.220 e. The van der Waals surface area contributed by atoms with E-state index in [9.17, 15) is 61.0 Å². The van der Waals surface area contributed by atoms with Crippen LogP contribution in [0, 0.1) is 0 Å². The van der Waals surface area contributed by atoms with Gasteiger partial charge >= 0.3 is 0 Å². The second-order valence-corrected chi connectivity index (χ2v) is 30.6. The highest BCUT2D eigenvalue weighted by Crippen LogP contribution is 2.33. The van der Waals surface area contributed by atoms with Crippen molar-refractivity contribution in [3.8, 4) is 0 Å². The van der Waals surface area contributed by atoms with E-state index in [-0.39, 0.29) is 18.9 Å². The molecule has 3 rings (SSSR count). The molecule has 104 heavy (non-hydrogen) atoms. The Morgan fingerprint density at radius 3 is 1.02 bits per heavy atom. The molecule has 0 radical (unpaired) electrons. The Hall–Kier alpha value is -2.25. The predicted molar refractivity (Wildman–Crippen MR) is 416 cm³/mol. The van der Waals surface area contributed by atoms with Crippen LogP contribution in [0.15, 0.2) is 48.6 Å². The first-order valence-electron chi connectivity index (χ1n) is 42.9. The number of nitrogens with one attached hydrogen (secondary N) is 1. The number of carbonyl (C=O) groups excluding carboxylic acids is 1. The molecule has 0 bridgehead atoms. The minimum Gasteiger partial charge on any atom is -0.394 e. The summed E-state index contributed by atoms with van der Waals surface area (Å²) in [5.41, 5.74) is 0. The van der Waals surface area contributed by atoms with E-state index >= 15 is 0 Å². The zero-order valence-corrected chi connectivity index (χ0v) is 65.5. The van der Waals surface area contributed by atoms with Gasteiger partial charge in [0.1, 0.15) is 73.2 Å². The molecule has 0 spiro atoms. The van der Waals surface area contributed by atoms with Gasteiger partial charge in [-0.1, -0.05) is 332 Å². The van der Waals surface area contributed by atoms with Gasteiger partial charge in [0.05, 0.1) is 38.6 Å². The molecule has 3 aliphatic rings. The molecule has 3 saturated heterocycles. The van der Waals surface area contributed by atoms with Crippen LogP contribution in [0.5, 0.6) is 0 Å². The number of aliphatic hydroxyl groups is 11. The number of carbonyl (C=O) groups is 1. The van der Waals surface area contributed by atoms with Gasteiger partial charge in [-0.3, -0.25) is 4.79 Å². The first-order valence-corrected chi connectivity index (χ1v) is 42.9. The van der Waals surface area contributed by atoms with E-state index in [1.807, 2.05) is 6.08 Å². The lowest BCUT2D eigenvalue weighted by atomic mass is 9.96. The molecule has 610 valence electrons. The van der Waals surface area contributed by atoms with Gasteiger partial charge in [-0.25, -0.2) is 0 Å². The molecule has 3 fully saturated rings. The van der Waals surface area contributed by atoms with E-state index in [4.69, 9.17) is 28.4 Å². The fourth-order valence-electron chi connectivity index (χ4n) is 14.5. The molecule has 17 atom stereocenters. The number of rotatable bonds is 69. The largest absolute Gasteiger partial charge is 0.394 e. The molecular formula is C85H157NO18. The van der Waals surface area contributed by atoms with Crippen molar-refractivity contribution < 1.29 is 89.4 Å². The van der Waals surface area contributed by atoms with Crippen LogP contribution < -0.4 is 5.32 Å². The Morgan fingerprint density at radius 2 is 0.644 bits per heavy atom. The lowest BCUT2D eigenvalue weighted by molar-refractivity contribution is -0.379. The zero-order valence-electron chi connectivity index (χ0n) is 65.5. The molecule has 0 aromatic rings. The molecule has 0 aromatic carbocycles. The third-order valence-electron chi connectivity index (χ3n) is 21.3. The van der Waals surface area contributed by atoms with Crippen molar-refractivity contribution in [1.82, 2.24) is 5.32 Å². The fourth-order valence-corrected chi connectivity index (χ4v) is 14.5. The number of hydrogen-bond acceptors (Lipinski definition) is 18. The Kier molecular flexibility index (Phi) is 60.4. The van der Waals surface area contributed by atoms with Crippen molar-refractivity contribution in [2.45, 2.75) is 458 Å². The Balaban J connectivity index is 1.36. The molecule has 0 aliphatic carbocycles. The van der Waals surface area contributed by atoms with Crippen molar-refractivity contribution in [3.05, 3.63) is 48.6 Å². The minimum absolute atomic E-state index is 0.236. The monoisotopic (exact) mass is 1480 g/mol. The molecule has 0 saturated carbocycles. The summed E-state index contributed by atoms with van der Waals surface area (Å²) in [7, 11) is 0. The normalized spacial score (nSPS) is 26.1. The van der Waals surface area contributed by atoms with Crippen LogP contribution in [0.3, 0.4) is 0 Å². The summed E-state index contributed by atoms with van der Waals surface area (Å²) in [6.45, 7) is 1.76. The second kappa shape index (κ2) is 65.5. The highest BCUT2D eigenvalue weighted by molar-refractivity contribution is 5.76. The lowest BCUT2D eigenvalue weighted by Crippen LogP contribution is -2.66. The van der Waals surface area contributed by atoms with Gasteiger partial charge < -0.3 is 89.9 Å². The number of amides is 1. The molecule has 3 aliphatic heterocycles. The summed E-state index contributed by atoms with van der Waals surface area (Å²) >= 11 is 0. The molecular weight excluding hydrogens is 1320 g/mol. The van der Waals surface area contributed by atoms with Gasteiger partial charge in [-0.05, 0) is 64.2 Å². The van der Waals surface area contributed by atoms with Crippen molar-refractivity contribution in [3.63, 3.8) is 0 Å². The minimum atomic E-state index is -1.98. The SMILES string of the molecule is CCCCCCC/C=C\C/C=C\CCCCCCCCCCCCCCCCCC(=O)NC(COC1OC(CO)C(OC2OC(CO)C(OC3OC(CO)C(O)C(O)C3O)C(O)C2O)C(O)C1O)C(O)/C=C/CC/C=C/CCCCCCCCCCCCCCCCCCCCCCCCCCCC. The van der Waals surface area contributed by atoms with Crippen LogP contribution in [0.1, 0.15) is 354 Å². The third-order valence-corrected chi connectivity index (χ3v) is 21.3. The molecule has 17 unspecified atom stereocenters. The maximum Gasteiger partial charge on any atom is 0.220 e. The van der Waals surface area contributed by atoms with Gasteiger partial charge in [0.25, 0.3) is 0 Å². The van der Waals surface area contributed by atoms with Crippen molar-refractivity contribution in [1.29, 1.82) is 0 Å². The van der Waals surface area contributed by atoms with Crippen LogP contribution in [-0.2, 0) is 33.2 Å². The molecule has 12 N–H and O–H groups in total. The Labute approximate surface area is 631 Å². The average Bonchev–Trinajstić information content (AvgIpc) is 0.783. The summed E-state index contributed by atoms with van der Waals surface area (Å²) in [5.74, 6) is -0.281. The topological polar surface area (TPSA) is 307 Å². The third kappa shape index (κ3) is 44.6. The van der Waals surface area contributed by atoms with Crippen molar-refractivity contribution in [2.75, 3.05) is 26.4 Å². The molecule has 19 nitrogen and oxygen atoms in total. The molecule has 0 aromatic heterocycles. The van der Waals surface area contributed by atoms with Gasteiger partial charge in [0, 0.05) is 6.42 Å². The van der Waals surface area contributed by atoms with Crippen LogP contribution in [-0.4, -0.2) is 193 Å². The van der Waals surface area contributed by atoms with Crippen LogP contribution in [0.4, 0.5) is 0 Å². The molecule has 3 heterocycles. The Morgan fingerprint density at radius 1 is 0.346 bits per heavy atom. The van der Waals surface area contributed by atoms with Crippen LogP contribution in [0.25, 0.3) is 0 Å². The molecule has 1 amide bonds. The summed E-state index contributed by atoms with van der Waals surface area (Å²) in [4.78, 5) is 13.5. The highest BCUT2D eigenvalue weighted by Gasteiger charge is 2.54. The van der Waals surface area contributed by atoms with Crippen LogP contribution in [0.2, 0.25) is 0 Å². The summed E-state index contributed by atoms with van der Waals surface area (Å²) in [6, 6.07) is -0.993. The van der Waals surface area contributed by atoms with Gasteiger partial charge in [0.2, 0.25) is 5.91 Å². The summed E-state index contributed by atoms with van der Waals surface area (Å²) in [5, 5.41) is 121. The van der Waals surface area contributed by atoms with E-state index in [0.29, 0.717) is 12.8 Å². The second-order valence-electron chi connectivity index (χ2n) is 30.6.